The molecule has 0 spiro atoms. The van der Waals surface area contributed by atoms with E-state index in [0.29, 0.717) is 10.2 Å². The Kier molecular flexibility index (Phi) is 4.66. The SMILES string of the molecule is O=S(=O)(Nc1c(Cl)cc(Br)cc1Cl)c1c[nH]c(CO)c1. The summed E-state index contributed by atoms with van der Waals surface area (Å²) in [6.45, 7) is -0.282. The Morgan fingerprint density at radius 2 is 1.85 bits per heavy atom. The van der Waals surface area contributed by atoms with Crippen LogP contribution in [0.25, 0.3) is 0 Å². The van der Waals surface area contributed by atoms with Crippen molar-refractivity contribution in [2.75, 3.05) is 4.72 Å². The van der Waals surface area contributed by atoms with Crippen molar-refractivity contribution >= 4 is 54.8 Å². The van der Waals surface area contributed by atoms with Gasteiger partial charge in [0.1, 0.15) is 4.90 Å². The van der Waals surface area contributed by atoms with Gasteiger partial charge in [0, 0.05) is 16.4 Å². The maximum Gasteiger partial charge on any atom is 0.263 e. The van der Waals surface area contributed by atoms with Crippen molar-refractivity contribution in [2.45, 2.75) is 11.5 Å². The van der Waals surface area contributed by atoms with E-state index < -0.39 is 10.0 Å². The lowest BCUT2D eigenvalue weighted by Crippen LogP contribution is -2.13. The van der Waals surface area contributed by atoms with Crippen LogP contribution in [0, 0.1) is 0 Å². The summed E-state index contributed by atoms with van der Waals surface area (Å²) < 4.78 is 27.3. The number of aromatic amines is 1. The van der Waals surface area contributed by atoms with Gasteiger partial charge in [-0.15, -0.1) is 0 Å². The molecule has 0 aliphatic heterocycles. The minimum atomic E-state index is -3.84. The molecular weight excluding hydrogens is 391 g/mol. The van der Waals surface area contributed by atoms with Gasteiger partial charge in [0.05, 0.1) is 22.3 Å². The molecule has 1 aromatic carbocycles. The van der Waals surface area contributed by atoms with Crippen molar-refractivity contribution in [1.82, 2.24) is 4.98 Å². The highest BCUT2D eigenvalue weighted by atomic mass is 79.9. The van der Waals surface area contributed by atoms with Crippen molar-refractivity contribution in [3.8, 4) is 0 Å². The summed E-state index contributed by atoms with van der Waals surface area (Å²) in [5.41, 5.74) is 0.488. The Balaban J connectivity index is 2.38. The third kappa shape index (κ3) is 3.29. The van der Waals surface area contributed by atoms with E-state index >= 15 is 0 Å². The molecule has 0 unspecified atom stereocenters. The molecule has 0 amide bonds. The maximum absolute atomic E-state index is 12.2. The summed E-state index contributed by atoms with van der Waals surface area (Å²) in [7, 11) is -3.84. The molecule has 9 heteroatoms. The van der Waals surface area contributed by atoms with E-state index in [9.17, 15) is 8.42 Å². The van der Waals surface area contributed by atoms with Crippen LogP contribution < -0.4 is 4.72 Å². The number of rotatable bonds is 4. The fraction of sp³-hybridized carbons (Fsp3) is 0.0909. The zero-order valence-electron chi connectivity index (χ0n) is 9.82. The van der Waals surface area contributed by atoms with Gasteiger partial charge >= 0.3 is 0 Å². The fourth-order valence-corrected chi connectivity index (χ4v) is 4.03. The molecule has 1 heterocycles. The van der Waals surface area contributed by atoms with E-state index in [1.807, 2.05) is 0 Å². The van der Waals surface area contributed by atoms with Crippen molar-refractivity contribution in [2.24, 2.45) is 0 Å². The van der Waals surface area contributed by atoms with Crippen molar-refractivity contribution in [1.29, 1.82) is 0 Å². The summed E-state index contributed by atoms with van der Waals surface area (Å²) in [5.74, 6) is 0. The summed E-state index contributed by atoms with van der Waals surface area (Å²) in [6.07, 6.45) is 1.27. The molecule has 5 nitrogen and oxygen atoms in total. The van der Waals surface area contributed by atoms with Crippen LogP contribution in [-0.2, 0) is 16.6 Å². The lowest BCUT2D eigenvalue weighted by Gasteiger charge is -2.10. The predicted octanol–water partition coefficient (Wildman–Crippen LogP) is 3.38. The van der Waals surface area contributed by atoms with E-state index in [1.165, 1.54) is 24.4 Å². The van der Waals surface area contributed by atoms with Gasteiger partial charge in [0.25, 0.3) is 10.0 Å². The number of H-pyrrole nitrogens is 1. The Labute approximate surface area is 134 Å². The fourth-order valence-electron chi connectivity index (χ4n) is 1.50. The molecule has 2 aromatic rings. The lowest BCUT2D eigenvalue weighted by atomic mass is 10.3. The first-order valence-electron chi connectivity index (χ1n) is 5.29. The van der Waals surface area contributed by atoms with Gasteiger partial charge in [0.15, 0.2) is 0 Å². The highest BCUT2D eigenvalue weighted by Crippen LogP contribution is 2.35. The standard InChI is InChI=1S/C11H9BrCl2N2O3S/c12-6-1-9(13)11(10(14)2-6)16-20(18,19)8-3-7(5-17)15-4-8/h1-4,15-17H,5H2. The van der Waals surface area contributed by atoms with Crippen molar-refractivity contribution in [3.63, 3.8) is 0 Å². The van der Waals surface area contributed by atoms with Crippen LogP contribution in [0.1, 0.15) is 5.69 Å². The topological polar surface area (TPSA) is 82.2 Å². The highest BCUT2D eigenvalue weighted by Gasteiger charge is 2.19. The van der Waals surface area contributed by atoms with Gasteiger partial charge in [-0.3, -0.25) is 4.72 Å². The van der Waals surface area contributed by atoms with Gasteiger partial charge < -0.3 is 10.1 Å². The van der Waals surface area contributed by atoms with E-state index in [4.69, 9.17) is 28.3 Å². The average Bonchev–Trinajstić information content (AvgIpc) is 2.83. The number of sulfonamides is 1. The van der Waals surface area contributed by atoms with Crippen LogP contribution in [-0.4, -0.2) is 18.5 Å². The third-order valence-corrected chi connectivity index (χ3v) is 4.82. The minimum absolute atomic E-state index is 0.0170. The number of halogens is 3. The zero-order chi connectivity index (χ0) is 14.9. The van der Waals surface area contributed by atoms with Crippen LogP contribution in [0.5, 0.6) is 0 Å². The summed E-state index contributed by atoms with van der Waals surface area (Å²) in [4.78, 5) is 2.63. The Hall–Kier alpha value is -0.730. The number of nitrogens with one attached hydrogen (secondary N) is 2. The summed E-state index contributed by atoms with van der Waals surface area (Å²) in [6, 6.07) is 4.38. The number of benzene rings is 1. The van der Waals surface area contributed by atoms with Gasteiger partial charge in [-0.25, -0.2) is 8.42 Å². The Morgan fingerprint density at radius 3 is 2.35 bits per heavy atom. The molecule has 0 saturated heterocycles. The molecule has 0 aliphatic carbocycles. The summed E-state index contributed by atoms with van der Waals surface area (Å²) >= 11 is 15.1. The molecule has 0 aliphatic rings. The molecular formula is C11H9BrCl2N2O3S. The molecule has 2 rings (SSSR count). The predicted molar refractivity (Wildman–Crippen MR) is 81.7 cm³/mol. The molecule has 0 bridgehead atoms. The third-order valence-electron chi connectivity index (χ3n) is 2.44. The molecule has 3 N–H and O–H groups in total. The second-order valence-corrected chi connectivity index (χ2v) is 7.28. The second kappa shape index (κ2) is 5.95. The molecule has 0 atom stereocenters. The largest absolute Gasteiger partial charge is 0.390 e. The molecule has 0 radical (unpaired) electrons. The first-order chi connectivity index (χ1) is 9.33. The van der Waals surface area contributed by atoms with E-state index in [0.717, 1.165) is 0 Å². The number of hydrogen-bond acceptors (Lipinski definition) is 3. The molecule has 0 fully saturated rings. The first kappa shape index (κ1) is 15.7. The van der Waals surface area contributed by atoms with Gasteiger partial charge in [-0.05, 0) is 18.2 Å². The average molecular weight is 400 g/mol. The number of aromatic nitrogens is 1. The number of anilines is 1. The van der Waals surface area contributed by atoms with E-state index in [2.05, 4.69) is 25.6 Å². The van der Waals surface area contributed by atoms with E-state index in [1.54, 1.807) is 0 Å². The molecule has 1 aromatic heterocycles. The van der Waals surface area contributed by atoms with Crippen LogP contribution in [0.2, 0.25) is 10.0 Å². The Morgan fingerprint density at radius 1 is 1.25 bits per heavy atom. The van der Waals surface area contributed by atoms with Crippen LogP contribution in [0.3, 0.4) is 0 Å². The van der Waals surface area contributed by atoms with Gasteiger partial charge in [0.2, 0.25) is 0 Å². The molecule has 0 saturated carbocycles. The monoisotopic (exact) mass is 398 g/mol. The van der Waals surface area contributed by atoms with Crippen LogP contribution >= 0.6 is 39.1 Å². The number of aliphatic hydroxyl groups is 1. The zero-order valence-corrected chi connectivity index (χ0v) is 13.7. The first-order valence-corrected chi connectivity index (χ1v) is 8.32. The van der Waals surface area contributed by atoms with Crippen LogP contribution in [0.4, 0.5) is 5.69 Å². The molecule has 20 heavy (non-hydrogen) atoms. The number of hydrogen-bond donors (Lipinski definition) is 3. The quantitative estimate of drug-likeness (QED) is 0.736. The van der Waals surface area contributed by atoms with Gasteiger partial charge in [-0.2, -0.15) is 0 Å². The second-order valence-electron chi connectivity index (χ2n) is 3.87. The van der Waals surface area contributed by atoms with Crippen molar-refractivity contribution in [3.05, 3.63) is 44.6 Å². The Bertz CT molecular complexity index is 723. The maximum atomic E-state index is 12.2. The smallest absolute Gasteiger partial charge is 0.263 e. The molecule has 108 valence electrons. The minimum Gasteiger partial charge on any atom is -0.390 e. The van der Waals surface area contributed by atoms with Crippen LogP contribution in [0.15, 0.2) is 33.8 Å². The lowest BCUT2D eigenvalue weighted by molar-refractivity contribution is 0.277. The van der Waals surface area contributed by atoms with Gasteiger partial charge in [-0.1, -0.05) is 39.1 Å². The number of aliphatic hydroxyl groups excluding tert-OH is 1. The summed E-state index contributed by atoms with van der Waals surface area (Å²) in [5, 5.41) is 9.28. The normalized spacial score (nSPS) is 11.6. The van der Waals surface area contributed by atoms with E-state index in [-0.39, 0.29) is 27.2 Å². The van der Waals surface area contributed by atoms with Crippen molar-refractivity contribution < 1.29 is 13.5 Å². The highest BCUT2D eigenvalue weighted by molar-refractivity contribution is 9.10.